The van der Waals surface area contributed by atoms with Gasteiger partial charge in [0.2, 0.25) is 0 Å². The molecule has 0 aliphatic heterocycles. The molecule has 5 heteroatoms. The van der Waals surface area contributed by atoms with Gasteiger partial charge in [0.25, 0.3) is 0 Å². The van der Waals surface area contributed by atoms with Gasteiger partial charge in [-0.15, -0.1) is 6.58 Å². The van der Waals surface area contributed by atoms with Gasteiger partial charge >= 0.3 is 5.97 Å². The number of allylic oxidation sites excluding steroid dienone is 1. The van der Waals surface area contributed by atoms with E-state index in [4.69, 9.17) is 9.84 Å². The van der Waals surface area contributed by atoms with Crippen LogP contribution < -0.4 is 4.74 Å². The maximum absolute atomic E-state index is 10.8. The molecule has 0 atom stereocenters. The fourth-order valence-electron chi connectivity index (χ4n) is 1.81. The number of carboxylic acid groups (broad SMARTS) is 1. The van der Waals surface area contributed by atoms with E-state index < -0.39 is 5.97 Å². The van der Waals surface area contributed by atoms with Crippen molar-refractivity contribution >= 4 is 17.3 Å². The van der Waals surface area contributed by atoms with Crippen LogP contribution in [0.15, 0.2) is 71.4 Å². The quantitative estimate of drug-likeness (QED) is 0.416. The Balaban J connectivity index is 1.91. The van der Waals surface area contributed by atoms with Gasteiger partial charge in [0, 0.05) is 0 Å². The van der Waals surface area contributed by atoms with Gasteiger partial charge in [0.1, 0.15) is 5.75 Å². The third-order valence-electron chi connectivity index (χ3n) is 3.05. The number of benzene rings is 2. The van der Waals surface area contributed by atoms with Crippen molar-refractivity contribution in [3.63, 3.8) is 0 Å². The fourth-order valence-corrected chi connectivity index (χ4v) is 1.81. The number of carboxylic acids is 1. The average molecular weight is 310 g/mol. The molecule has 0 spiro atoms. The Kier molecular flexibility index (Phi) is 6.06. The van der Waals surface area contributed by atoms with E-state index in [1.165, 1.54) is 12.1 Å². The van der Waals surface area contributed by atoms with Crippen LogP contribution in [0.5, 0.6) is 5.75 Å². The number of hydrogen-bond donors (Lipinski definition) is 1. The maximum Gasteiger partial charge on any atom is 0.335 e. The lowest BCUT2D eigenvalue weighted by atomic mass is 10.2. The van der Waals surface area contributed by atoms with Crippen LogP contribution >= 0.6 is 0 Å². The number of aromatic carboxylic acids is 1. The van der Waals surface area contributed by atoms with Crippen molar-refractivity contribution in [2.45, 2.75) is 12.8 Å². The van der Waals surface area contributed by atoms with Crippen LogP contribution in [0.4, 0.5) is 11.4 Å². The van der Waals surface area contributed by atoms with Gasteiger partial charge in [-0.25, -0.2) is 4.79 Å². The van der Waals surface area contributed by atoms with Crippen molar-refractivity contribution in [2.24, 2.45) is 10.2 Å². The molecule has 23 heavy (non-hydrogen) atoms. The molecule has 0 aliphatic rings. The molecule has 5 nitrogen and oxygen atoms in total. The van der Waals surface area contributed by atoms with Crippen molar-refractivity contribution in [1.29, 1.82) is 0 Å². The van der Waals surface area contributed by atoms with Gasteiger partial charge in [0.15, 0.2) is 0 Å². The molecule has 0 aromatic heterocycles. The first kappa shape index (κ1) is 16.4. The van der Waals surface area contributed by atoms with Crippen molar-refractivity contribution in [3.8, 4) is 5.75 Å². The lowest BCUT2D eigenvalue weighted by Gasteiger charge is -2.04. The molecule has 2 aromatic carbocycles. The predicted molar refractivity (Wildman–Crippen MR) is 88.9 cm³/mol. The van der Waals surface area contributed by atoms with Gasteiger partial charge in [-0.2, -0.15) is 10.2 Å². The number of carbonyl (C=O) groups is 1. The minimum absolute atomic E-state index is 0.224. The molecule has 0 bridgehead atoms. The summed E-state index contributed by atoms with van der Waals surface area (Å²) in [6.45, 7) is 4.32. The number of unbranched alkanes of at least 4 members (excludes halogenated alkanes) is 1. The number of hydrogen-bond acceptors (Lipinski definition) is 4. The second kappa shape index (κ2) is 8.48. The van der Waals surface area contributed by atoms with Crippen LogP contribution in [0.1, 0.15) is 23.2 Å². The molecule has 2 aromatic rings. The first-order valence-corrected chi connectivity index (χ1v) is 7.28. The lowest BCUT2D eigenvalue weighted by molar-refractivity contribution is 0.0697. The molecule has 1 N–H and O–H groups in total. The zero-order chi connectivity index (χ0) is 16.5. The molecule has 0 heterocycles. The van der Waals surface area contributed by atoms with E-state index in [0.717, 1.165) is 18.6 Å². The van der Waals surface area contributed by atoms with Crippen molar-refractivity contribution < 1.29 is 14.6 Å². The Morgan fingerprint density at radius 3 is 2.13 bits per heavy atom. The summed E-state index contributed by atoms with van der Waals surface area (Å²) in [4.78, 5) is 10.8. The Morgan fingerprint density at radius 2 is 1.61 bits per heavy atom. The average Bonchev–Trinajstić information content (AvgIpc) is 2.58. The summed E-state index contributed by atoms with van der Waals surface area (Å²) >= 11 is 0. The van der Waals surface area contributed by atoms with Crippen LogP contribution in [-0.4, -0.2) is 17.7 Å². The Bertz CT molecular complexity index is 676. The van der Waals surface area contributed by atoms with Crippen LogP contribution in [0.2, 0.25) is 0 Å². The molecule has 0 amide bonds. The third kappa shape index (κ3) is 5.39. The largest absolute Gasteiger partial charge is 0.494 e. The zero-order valence-corrected chi connectivity index (χ0v) is 12.7. The van der Waals surface area contributed by atoms with Gasteiger partial charge in [-0.1, -0.05) is 6.08 Å². The van der Waals surface area contributed by atoms with E-state index in [-0.39, 0.29) is 5.56 Å². The fraction of sp³-hybridized carbons (Fsp3) is 0.167. The molecular weight excluding hydrogens is 292 g/mol. The van der Waals surface area contributed by atoms with Gasteiger partial charge in [0.05, 0.1) is 23.5 Å². The highest BCUT2D eigenvalue weighted by atomic mass is 16.5. The van der Waals surface area contributed by atoms with Crippen LogP contribution in [0, 0.1) is 0 Å². The number of ether oxygens (including phenoxy) is 1. The SMILES string of the molecule is C=CCCCOc1ccc(N=Nc2ccc(C(=O)O)cc2)cc1. The maximum atomic E-state index is 10.8. The third-order valence-corrected chi connectivity index (χ3v) is 3.05. The van der Waals surface area contributed by atoms with Crippen molar-refractivity contribution in [1.82, 2.24) is 0 Å². The van der Waals surface area contributed by atoms with E-state index in [2.05, 4.69) is 16.8 Å². The second-order valence-corrected chi connectivity index (χ2v) is 4.83. The molecule has 0 aliphatic carbocycles. The number of azo groups is 1. The summed E-state index contributed by atoms with van der Waals surface area (Å²) < 4.78 is 5.59. The topological polar surface area (TPSA) is 71.2 Å². The van der Waals surface area contributed by atoms with E-state index in [1.807, 2.05) is 30.3 Å². The predicted octanol–water partition coefficient (Wildman–Crippen LogP) is 5.15. The smallest absolute Gasteiger partial charge is 0.335 e. The molecule has 0 saturated carbocycles. The minimum Gasteiger partial charge on any atom is -0.494 e. The first-order valence-electron chi connectivity index (χ1n) is 7.28. The first-order chi connectivity index (χ1) is 11.2. The van der Waals surface area contributed by atoms with E-state index >= 15 is 0 Å². The minimum atomic E-state index is -0.961. The van der Waals surface area contributed by atoms with Crippen LogP contribution in [-0.2, 0) is 0 Å². The summed E-state index contributed by atoms with van der Waals surface area (Å²) in [5.74, 6) is -0.170. The molecular formula is C18H18N2O3. The van der Waals surface area contributed by atoms with E-state index in [9.17, 15) is 4.79 Å². The van der Waals surface area contributed by atoms with Gasteiger partial charge in [-0.3, -0.25) is 0 Å². The van der Waals surface area contributed by atoms with Gasteiger partial charge < -0.3 is 9.84 Å². The molecule has 0 saturated heterocycles. The summed E-state index contributed by atoms with van der Waals surface area (Å²) in [6, 6.07) is 13.5. The standard InChI is InChI=1S/C18H18N2O3/c1-2-3-4-13-23-17-11-9-16(10-12-17)20-19-15-7-5-14(6-8-15)18(21)22/h2,5-12H,1,3-4,13H2,(H,21,22). The molecule has 0 fully saturated rings. The van der Waals surface area contributed by atoms with Gasteiger partial charge in [-0.05, 0) is 61.4 Å². The molecule has 2 rings (SSSR count). The lowest BCUT2D eigenvalue weighted by Crippen LogP contribution is -1.95. The van der Waals surface area contributed by atoms with E-state index in [0.29, 0.717) is 18.0 Å². The van der Waals surface area contributed by atoms with Crippen molar-refractivity contribution in [2.75, 3.05) is 6.61 Å². The molecule has 118 valence electrons. The monoisotopic (exact) mass is 310 g/mol. The van der Waals surface area contributed by atoms with Crippen LogP contribution in [0.3, 0.4) is 0 Å². The summed E-state index contributed by atoms with van der Waals surface area (Å²) in [5, 5.41) is 17.0. The number of rotatable bonds is 8. The normalized spacial score (nSPS) is 10.6. The Morgan fingerprint density at radius 1 is 1.04 bits per heavy atom. The highest BCUT2D eigenvalue weighted by Gasteiger charge is 2.01. The van der Waals surface area contributed by atoms with E-state index in [1.54, 1.807) is 12.1 Å². The van der Waals surface area contributed by atoms with Crippen LogP contribution in [0.25, 0.3) is 0 Å². The molecule has 0 unspecified atom stereocenters. The summed E-state index contributed by atoms with van der Waals surface area (Å²) in [5.41, 5.74) is 1.52. The highest BCUT2D eigenvalue weighted by molar-refractivity contribution is 5.87. The molecule has 0 radical (unpaired) electrons. The highest BCUT2D eigenvalue weighted by Crippen LogP contribution is 2.21. The summed E-state index contributed by atoms with van der Waals surface area (Å²) in [6.07, 6.45) is 3.75. The zero-order valence-electron chi connectivity index (χ0n) is 12.7. The van der Waals surface area contributed by atoms with Crippen molar-refractivity contribution in [3.05, 3.63) is 66.7 Å². The summed E-state index contributed by atoms with van der Waals surface area (Å²) in [7, 11) is 0. The number of nitrogens with zero attached hydrogens (tertiary/aromatic N) is 2. The Hall–Kier alpha value is -2.95. The second-order valence-electron chi connectivity index (χ2n) is 4.83. The Labute approximate surface area is 135 Å².